The Balaban J connectivity index is 0.00000450. The van der Waals surface area contributed by atoms with Gasteiger partial charge in [0.25, 0.3) is 0 Å². The van der Waals surface area contributed by atoms with E-state index in [-0.39, 0.29) is 24.0 Å². The average molecular weight is 524 g/mol. The molecule has 0 amide bonds. The molecule has 0 radical (unpaired) electrons. The van der Waals surface area contributed by atoms with E-state index < -0.39 is 0 Å². The lowest BCUT2D eigenvalue weighted by atomic mass is 10.1. The molecular weight excluding hydrogens is 487 g/mol. The van der Waals surface area contributed by atoms with Crippen molar-refractivity contribution in [1.29, 1.82) is 0 Å². The van der Waals surface area contributed by atoms with Crippen molar-refractivity contribution in [3.63, 3.8) is 0 Å². The Morgan fingerprint density at radius 3 is 2.40 bits per heavy atom. The molecule has 7 heteroatoms. The number of guanidine groups is 1. The molecule has 3 N–H and O–H groups in total. The number of unbranched alkanes of at least 4 members (excludes halogenated alkanes) is 1. The van der Waals surface area contributed by atoms with Crippen LogP contribution in [0.2, 0.25) is 0 Å². The molecule has 1 atom stereocenters. The van der Waals surface area contributed by atoms with Crippen molar-refractivity contribution in [2.45, 2.75) is 38.8 Å². The van der Waals surface area contributed by atoms with Gasteiger partial charge >= 0.3 is 0 Å². The first kappa shape index (κ1) is 26.2. The van der Waals surface area contributed by atoms with E-state index in [0.29, 0.717) is 6.04 Å². The van der Waals surface area contributed by atoms with Gasteiger partial charge in [-0.1, -0.05) is 36.4 Å². The second-order valence-electron chi connectivity index (χ2n) is 7.31. The van der Waals surface area contributed by atoms with Crippen molar-refractivity contribution in [3.05, 3.63) is 60.3 Å². The van der Waals surface area contributed by atoms with E-state index in [4.69, 9.17) is 0 Å². The quantitative estimate of drug-likeness (QED) is 0.170. The Hall–Kier alpha value is -1.87. The number of hydrogen-bond acceptors (Lipinski definition) is 4. The van der Waals surface area contributed by atoms with Crippen LogP contribution < -0.4 is 16.0 Å². The predicted molar refractivity (Wildman–Crippen MR) is 139 cm³/mol. The summed E-state index contributed by atoms with van der Waals surface area (Å²) in [5.41, 5.74) is 1.35. The van der Waals surface area contributed by atoms with Gasteiger partial charge in [-0.2, -0.15) is 0 Å². The van der Waals surface area contributed by atoms with Gasteiger partial charge in [-0.3, -0.25) is 9.89 Å². The van der Waals surface area contributed by atoms with E-state index in [0.717, 1.165) is 57.2 Å². The Bertz CT molecular complexity index is 695. The fourth-order valence-corrected chi connectivity index (χ4v) is 3.01. The highest BCUT2D eigenvalue weighted by atomic mass is 127. The van der Waals surface area contributed by atoms with Crippen LogP contribution in [-0.2, 0) is 6.54 Å². The number of aromatic nitrogens is 1. The molecule has 0 spiro atoms. The predicted octanol–water partition coefficient (Wildman–Crippen LogP) is 3.97. The van der Waals surface area contributed by atoms with E-state index >= 15 is 0 Å². The molecule has 1 heterocycles. The van der Waals surface area contributed by atoms with Crippen LogP contribution in [-0.4, -0.2) is 55.6 Å². The van der Waals surface area contributed by atoms with Gasteiger partial charge in [0.05, 0.1) is 0 Å². The first-order chi connectivity index (χ1) is 14.2. The minimum atomic E-state index is 0. The number of nitrogens with one attached hydrogen (secondary N) is 3. The van der Waals surface area contributed by atoms with E-state index in [1.807, 2.05) is 25.2 Å². The van der Waals surface area contributed by atoms with Gasteiger partial charge in [-0.25, -0.2) is 4.98 Å². The normalized spacial score (nSPS) is 12.2. The molecule has 0 aliphatic heterocycles. The van der Waals surface area contributed by atoms with Crippen LogP contribution in [0, 0.1) is 0 Å². The number of halogens is 1. The van der Waals surface area contributed by atoms with Crippen LogP contribution >= 0.6 is 24.0 Å². The average Bonchev–Trinajstić information content (AvgIpc) is 2.76. The highest BCUT2D eigenvalue weighted by Gasteiger charge is 2.09. The van der Waals surface area contributed by atoms with E-state index in [1.54, 1.807) is 6.20 Å². The molecule has 166 valence electrons. The van der Waals surface area contributed by atoms with Crippen molar-refractivity contribution < 1.29 is 0 Å². The molecule has 0 aliphatic carbocycles. The van der Waals surface area contributed by atoms with Crippen LogP contribution in [0.4, 0.5) is 5.82 Å². The van der Waals surface area contributed by atoms with Gasteiger partial charge in [-0.05, 0) is 50.9 Å². The maximum absolute atomic E-state index is 4.32. The third-order valence-electron chi connectivity index (χ3n) is 4.97. The van der Waals surface area contributed by atoms with Gasteiger partial charge in [0.15, 0.2) is 5.96 Å². The maximum Gasteiger partial charge on any atom is 0.190 e. The fraction of sp³-hybridized carbons (Fsp3) is 0.478. The number of nitrogens with zero attached hydrogens (tertiary/aromatic N) is 3. The van der Waals surface area contributed by atoms with E-state index in [9.17, 15) is 0 Å². The summed E-state index contributed by atoms with van der Waals surface area (Å²) in [5.74, 6) is 1.81. The second-order valence-corrected chi connectivity index (χ2v) is 7.31. The lowest BCUT2D eigenvalue weighted by molar-refractivity contribution is 0.238. The fourth-order valence-electron chi connectivity index (χ4n) is 3.01. The van der Waals surface area contributed by atoms with Crippen molar-refractivity contribution in [2.75, 3.05) is 39.0 Å². The highest BCUT2D eigenvalue weighted by Crippen LogP contribution is 2.07. The molecule has 0 saturated carbocycles. The summed E-state index contributed by atoms with van der Waals surface area (Å²) in [6, 6.07) is 17.0. The minimum Gasteiger partial charge on any atom is -0.370 e. The summed E-state index contributed by atoms with van der Waals surface area (Å²) >= 11 is 0. The van der Waals surface area contributed by atoms with Crippen LogP contribution in [0.5, 0.6) is 0 Å². The summed E-state index contributed by atoms with van der Waals surface area (Å²) in [6.45, 7) is 5.99. The monoisotopic (exact) mass is 524 g/mol. The third-order valence-corrected chi connectivity index (χ3v) is 4.97. The molecule has 6 nitrogen and oxygen atoms in total. The molecule has 0 aliphatic rings. The molecule has 30 heavy (non-hydrogen) atoms. The standard InChI is InChI=1S/C23H36N6.HI/c1-20(29(3)19-21-11-5-4-6-12-21)14-18-28-23(24-2)27-17-10-9-16-26-22-13-7-8-15-25-22;/h4-8,11-13,15,20H,9-10,14,16-19H2,1-3H3,(H,25,26)(H2,24,27,28);1H. The zero-order valence-electron chi connectivity index (χ0n) is 18.5. The first-order valence-corrected chi connectivity index (χ1v) is 10.5. The molecule has 0 saturated heterocycles. The molecule has 2 rings (SSSR count). The number of rotatable bonds is 12. The Morgan fingerprint density at radius 1 is 1.00 bits per heavy atom. The Kier molecular flexibility index (Phi) is 13.9. The summed E-state index contributed by atoms with van der Waals surface area (Å²) in [7, 11) is 4.01. The lowest BCUT2D eigenvalue weighted by Gasteiger charge is -2.25. The van der Waals surface area contributed by atoms with Crippen molar-refractivity contribution in [1.82, 2.24) is 20.5 Å². The summed E-state index contributed by atoms with van der Waals surface area (Å²) in [5, 5.41) is 10.1. The summed E-state index contributed by atoms with van der Waals surface area (Å²) < 4.78 is 0. The van der Waals surface area contributed by atoms with Crippen molar-refractivity contribution in [2.24, 2.45) is 4.99 Å². The number of hydrogen-bond donors (Lipinski definition) is 3. The largest absolute Gasteiger partial charge is 0.370 e. The Labute approximate surface area is 199 Å². The van der Waals surface area contributed by atoms with Gasteiger partial charge in [0.2, 0.25) is 0 Å². The van der Waals surface area contributed by atoms with Crippen LogP contribution in [0.25, 0.3) is 0 Å². The smallest absolute Gasteiger partial charge is 0.190 e. The SMILES string of the molecule is CN=C(NCCCCNc1ccccn1)NCCC(C)N(C)Cc1ccccc1.I. The van der Waals surface area contributed by atoms with Crippen LogP contribution in [0.3, 0.4) is 0 Å². The van der Waals surface area contributed by atoms with Gasteiger partial charge in [-0.15, -0.1) is 24.0 Å². The molecule has 1 unspecified atom stereocenters. The zero-order valence-corrected chi connectivity index (χ0v) is 20.8. The van der Waals surface area contributed by atoms with Gasteiger partial charge < -0.3 is 16.0 Å². The molecular formula is C23H37IN6. The first-order valence-electron chi connectivity index (χ1n) is 10.5. The minimum absolute atomic E-state index is 0. The van der Waals surface area contributed by atoms with Crippen LogP contribution in [0.15, 0.2) is 59.7 Å². The summed E-state index contributed by atoms with van der Waals surface area (Å²) in [6.07, 6.45) is 5.04. The third kappa shape index (κ3) is 10.8. The van der Waals surface area contributed by atoms with Gasteiger partial charge in [0, 0.05) is 45.5 Å². The van der Waals surface area contributed by atoms with Crippen molar-refractivity contribution >= 4 is 35.8 Å². The topological polar surface area (TPSA) is 64.6 Å². The molecule has 2 aromatic rings. The molecule has 1 aromatic heterocycles. The maximum atomic E-state index is 4.32. The lowest BCUT2D eigenvalue weighted by Crippen LogP contribution is -2.40. The molecule has 0 bridgehead atoms. The van der Waals surface area contributed by atoms with E-state index in [1.165, 1.54) is 5.56 Å². The number of anilines is 1. The molecule has 0 fully saturated rings. The second kappa shape index (κ2) is 15.9. The highest BCUT2D eigenvalue weighted by molar-refractivity contribution is 14.0. The molecule has 1 aromatic carbocycles. The summed E-state index contributed by atoms with van der Waals surface area (Å²) in [4.78, 5) is 11.0. The van der Waals surface area contributed by atoms with E-state index in [2.05, 4.69) is 75.1 Å². The van der Waals surface area contributed by atoms with Crippen LogP contribution in [0.1, 0.15) is 31.7 Å². The van der Waals surface area contributed by atoms with Crippen molar-refractivity contribution in [3.8, 4) is 0 Å². The number of aliphatic imine (C=N–C) groups is 1. The zero-order chi connectivity index (χ0) is 20.7. The number of benzene rings is 1. The van der Waals surface area contributed by atoms with Gasteiger partial charge in [0.1, 0.15) is 5.82 Å². The Morgan fingerprint density at radius 2 is 1.70 bits per heavy atom. The number of pyridine rings is 1.